The second-order valence-electron chi connectivity index (χ2n) is 22.7. The average Bonchev–Trinajstić information content (AvgIpc) is 1.62. The monoisotopic (exact) mass is 1030 g/mol. The molecule has 0 amide bonds. The summed E-state index contributed by atoms with van der Waals surface area (Å²) in [5.41, 5.74) is 20.2. The molecule has 0 fully saturated rings. The van der Waals surface area contributed by atoms with Gasteiger partial charge in [0.05, 0.1) is 0 Å². The molecule has 0 unspecified atom stereocenters. The lowest BCUT2D eigenvalue weighted by molar-refractivity contribution is 1.56. The summed E-state index contributed by atoms with van der Waals surface area (Å²) in [6.45, 7) is 0. The summed E-state index contributed by atoms with van der Waals surface area (Å²) in [6, 6.07) is 105. The van der Waals surface area contributed by atoms with Crippen LogP contribution in [0.1, 0.15) is 0 Å². The fraction of sp³-hybridized carbons (Fsp3) is 0. The molecule has 0 saturated carbocycles. The predicted octanol–water partition coefficient (Wildman–Crippen LogP) is 23.2. The van der Waals surface area contributed by atoms with Gasteiger partial charge in [0.15, 0.2) is 0 Å². The van der Waals surface area contributed by atoms with Crippen LogP contribution in [0.2, 0.25) is 0 Å². The first-order valence-electron chi connectivity index (χ1n) is 28.7. The molecule has 1 aliphatic rings. The smallest absolute Gasteiger partial charge is 0.000718 e. The van der Waals surface area contributed by atoms with Gasteiger partial charge in [0.2, 0.25) is 0 Å². The summed E-state index contributed by atoms with van der Waals surface area (Å²) in [7, 11) is 0. The van der Waals surface area contributed by atoms with Gasteiger partial charge in [-0.3, -0.25) is 0 Å². The van der Waals surface area contributed by atoms with Gasteiger partial charge in [-0.1, -0.05) is 273 Å². The Balaban J connectivity index is 0.947. The quantitative estimate of drug-likeness (QED) is 0.115. The average molecular weight is 1030 g/mol. The molecule has 0 heterocycles. The van der Waals surface area contributed by atoms with Crippen LogP contribution in [0.5, 0.6) is 0 Å². The minimum Gasteiger partial charge on any atom is -0.0622 e. The number of rotatable bonds is 6. The topological polar surface area (TPSA) is 0 Å². The lowest BCUT2D eigenvalue weighted by Crippen LogP contribution is -1.93. The van der Waals surface area contributed by atoms with Crippen LogP contribution < -0.4 is 0 Å². The molecule has 0 nitrogen and oxygen atoms in total. The highest BCUT2D eigenvalue weighted by Gasteiger charge is 2.33. The van der Waals surface area contributed by atoms with Crippen LogP contribution in [0.4, 0.5) is 0 Å². The fourth-order valence-electron chi connectivity index (χ4n) is 15.7. The Morgan fingerprint density at radius 2 is 0.463 bits per heavy atom. The predicted molar refractivity (Wildman–Crippen MR) is 352 cm³/mol. The Kier molecular flexibility index (Phi) is 8.88. The summed E-state index contributed by atoms with van der Waals surface area (Å²) in [6.07, 6.45) is 0. The third-order valence-electron chi connectivity index (χ3n) is 18.9. The van der Waals surface area contributed by atoms with E-state index in [2.05, 4.69) is 279 Å². The van der Waals surface area contributed by atoms with Crippen LogP contribution in [-0.4, -0.2) is 0 Å². The van der Waals surface area contributed by atoms with Gasteiger partial charge in [-0.15, -0.1) is 0 Å². The van der Waals surface area contributed by atoms with E-state index in [0.717, 1.165) is 0 Å². The van der Waals surface area contributed by atoms with Crippen molar-refractivity contribution in [2.75, 3.05) is 0 Å². The lowest BCUT2D eigenvalue weighted by atomic mass is 9.84. The highest BCUT2D eigenvalue weighted by molar-refractivity contribution is 6.49. The van der Waals surface area contributed by atoms with E-state index in [9.17, 15) is 0 Å². The van der Waals surface area contributed by atoms with E-state index in [-0.39, 0.29) is 0 Å². The molecule has 0 atom stereocenters. The van der Waals surface area contributed by atoms with Gasteiger partial charge >= 0.3 is 0 Å². The Bertz CT molecular complexity index is 5530. The van der Waals surface area contributed by atoms with E-state index in [4.69, 9.17) is 0 Å². The molecule has 19 rings (SSSR count). The molecule has 18 aromatic carbocycles. The van der Waals surface area contributed by atoms with Gasteiger partial charge < -0.3 is 0 Å². The van der Waals surface area contributed by atoms with Crippen LogP contribution in [0.25, 0.3) is 197 Å². The number of hydrogen-bond acceptors (Lipinski definition) is 0. The Morgan fingerprint density at radius 3 is 1.00 bits per heavy atom. The van der Waals surface area contributed by atoms with Gasteiger partial charge in [0.1, 0.15) is 0 Å². The summed E-state index contributed by atoms with van der Waals surface area (Å²) < 4.78 is 0. The van der Waals surface area contributed by atoms with Crippen molar-refractivity contribution >= 4 is 108 Å². The van der Waals surface area contributed by atoms with E-state index >= 15 is 0 Å². The molecule has 18 aromatic rings. The third-order valence-corrected chi connectivity index (χ3v) is 18.9. The van der Waals surface area contributed by atoms with Crippen LogP contribution in [0, 0.1) is 0 Å². The van der Waals surface area contributed by atoms with Crippen molar-refractivity contribution in [3.05, 3.63) is 279 Å². The third kappa shape index (κ3) is 5.75. The summed E-state index contributed by atoms with van der Waals surface area (Å²) in [5.74, 6) is 0. The SMILES string of the molecule is c1ccc(-c2ccccc2-c2ccc(-c3ccccc3-c3ccccc3)c3c2-c2ccc4c5ccc6c7c(-c8ccccc8)c8cc9c%10ccccc%10c%10cccc(c8c(-c8ccccc8)c7c7ccc(c8ccc-3c2c48)c5c67)c%109)cc1. The largest absolute Gasteiger partial charge is 0.0622 e. The second kappa shape index (κ2) is 16.5. The summed E-state index contributed by atoms with van der Waals surface area (Å²) in [5, 5.41) is 26.4. The Morgan fingerprint density at radius 1 is 0.122 bits per heavy atom. The minimum absolute atomic E-state index is 1.22. The number of fused-ring (bicyclic) bond motifs is 13. The van der Waals surface area contributed by atoms with Crippen molar-refractivity contribution in [3.63, 3.8) is 0 Å². The molecule has 0 saturated heterocycles. The first-order valence-corrected chi connectivity index (χ1v) is 28.7. The normalized spacial score (nSPS) is 12.4. The van der Waals surface area contributed by atoms with Crippen molar-refractivity contribution < 1.29 is 0 Å². The van der Waals surface area contributed by atoms with E-state index in [1.54, 1.807) is 0 Å². The molecule has 0 radical (unpaired) electrons. The maximum atomic E-state index is 2.55. The molecule has 82 heavy (non-hydrogen) atoms. The molecular formula is C82H46. The van der Waals surface area contributed by atoms with Gasteiger partial charge in [-0.2, -0.15) is 0 Å². The van der Waals surface area contributed by atoms with Gasteiger partial charge in [-0.05, 0) is 203 Å². The van der Waals surface area contributed by atoms with Crippen LogP contribution in [0.3, 0.4) is 0 Å². The Hall–Kier alpha value is -10.7. The lowest BCUT2D eigenvalue weighted by Gasteiger charge is -2.19. The minimum atomic E-state index is 1.22. The highest BCUT2D eigenvalue weighted by atomic mass is 14.4. The van der Waals surface area contributed by atoms with Crippen molar-refractivity contribution in [2.45, 2.75) is 0 Å². The number of hydrogen-bond donors (Lipinski definition) is 0. The second-order valence-corrected chi connectivity index (χ2v) is 22.7. The first kappa shape index (κ1) is 44.2. The van der Waals surface area contributed by atoms with Crippen molar-refractivity contribution in [1.82, 2.24) is 0 Å². The van der Waals surface area contributed by atoms with Crippen molar-refractivity contribution in [1.29, 1.82) is 0 Å². The molecule has 0 aromatic heterocycles. The first-order chi connectivity index (χ1) is 40.8. The molecule has 374 valence electrons. The van der Waals surface area contributed by atoms with E-state index < -0.39 is 0 Å². The zero-order valence-corrected chi connectivity index (χ0v) is 44.6. The van der Waals surface area contributed by atoms with E-state index in [0.29, 0.717) is 0 Å². The van der Waals surface area contributed by atoms with Crippen LogP contribution >= 0.6 is 0 Å². The fourth-order valence-corrected chi connectivity index (χ4v) is 15.7. The highest BCUT2D eigenvalue weighted by Crippen LogP contribution is 2.61. The number of benzene rings is 16. The van der Waals surface area contributed by atoms with Gasteiger partial charge in [0, 0.05) is 0 Å². The van der Waals surface area contributed by atoms with Crippen LogP contribution in [0.15, 0.2) is 279 Å². The molecular weight excluding hydrogens is 985 g/mol. The maximum absolute atomic E-state index is 2.55. The molecule has 1 aliphatic carbocycles. The summed E-state index contributed by atoms with van der Waals surface area (Å²) in [4.78, 5) is 0. The van der Waals surface area contributed by atoms with Crippen molar-refractivity contribution in [3.8, 4) is 89.0 Å². The van der Waals surface area contributed by atoms with E-state index in [1.165, 1.54) is 197 Å². The summed E-state index contributed by atoms with van der Waals surface area (Å²) >= 11 is 0. The molecule has 0 aliphatic heterocycles. The van der Waals surface area contributed by atoms with E-state index in [1.807, 2.05) is 0 Å². The molecule has 0 spiro atoms. The van der Waals surface area contributed by atoms with Crippen LogP contribution in [-0.2, 0) is 0 Å². The molecule has 0 N–H and O–H groups in total. The maximum Gasteiger partial charge on any atom is -0.000718 e. The molecule has 0 bridgehead atoms. The Labute approximate surface area is 473 Å². The zero-order valence-electron chi connectivity index (χ0n) is 44.6. The zero-order chi connectivity index (χ0) is 53.3. The van der Waals surface area contributed by atoms with Gasteiger partial charge in [0.25, 0.3) is 0 Å². The standard InChI is InChI=1S/C82H46/c1-5-20-47(21-6-1)51-28-13-15-30-53(51)58-36-37-59(54-31-16-14-29-52(54)48-22-7-2-8-23-48)77-66-43-39-61-63-41-45-68-79-67(44-40-62(75(63)79)60-38-42-65(76(58)77)78(66)74(60)61)81-71(49-24-9-3-10-25-49)70-46-69-56-33-18-17-32-55(56)57-34-19-35-64(73(57)69)80(70)72(82(68)81)50-26-11-4-12-27-50/h1-46H. The molecule has 0 heteroatoms. The van der Waals surface area contributed by atoms with Gasteiger partial charge in [-0.25, -0.2) is 0 Å². The van der Waals surface area contributed by atoms with Crippen molar-refractivity contribution in [2.24, 2.45) is 0 Å².